The van der Waals surface area contributed by atoms with Crippen LogP contribution in [0, 0.1) is 5.92 Å². The first-order chi connectivity index (χ1) is 6.33. The third kappa shape index (κ3) is 4.24. The lowest BCUT2D eigenvalue weighted by Gasteiger charge is -2.27. The molecule has 0 aromatic heterocycles. The summed E-state index contributed by atoms with van der Waals surface area (Å²) in [6.07, 6.45) is 0.480. The Hall–Kier alpha value is -0.610. The van der Waals surface area contributed by atoms with Crippen LogP contribution in [0.25, 0.3) is 0 Å². The van der Waals surface area contributed by atoms with Crippen molar-refractivity contribution in [2.75, 3.05) is 32.8 Å². The zero-order chi connectivity index (χ0) is 9.52. The fourth-order valence-electron chi connectivity index (χ4n) is 1.15. The lowest BCUT2D eigenvalue weighted by molar-refractivity contribution is -0.122. The van der Waals surface area contributed by atoms with Crippen LogP contribution in [0.3, 0.4) is 0 Å². The summed E-state index contributed by atoms with van der Waals surface area (Å²) in [6, 6.07) is 0. The Kier molecular flexibility index (Phi) is 4.78. The lowest BCUT2D eigenvalue weighted by Crippen LogP contribution is -2.48. The van der Waals surface area contributed by atoms with E-state index in [4.69, 9.17) is 4.74 Å². The van der Waals surface area contributed by atoms with E-state index in [1.165, 1.54) is 0 Å². The van der Waals surface area contributed by atoms with Gasteiger partial charge < -0.3 is 15.4 Å². The third-order valence-electron chi connectivity index (χ3n) is 2.13. The van der Waals surface area contributed by atoms with Crippen LogP contribution in [-0.4, -0.2) is 38.8 Å². The Morgan fingerprint density at radius 1 is 1.62 bits per heavy atom. The highest BCUT2D eigenvalue weighted by Gasteiger charge is 2.16. The van der Waals surface area contributed by atoms with Crippen LogP contribution in [0.2, 0.25) is 0 Å². The molecule has 13 heavy (non-hydrogen) atoms. The molecule has 1 saturated heterocycles. The molecule has 1 aliphatic rings. The van der Waals surface area contributed by atoms with Crippen molar-refractivity contribution in [1.29, 1.82) is 0 Å². The van der Waals surface area contributed by atoms with Gasteiger partial charge in [0, 0.05) is 38.6 Å². The SMILES string of the molecule is CCOCCC(=O)NCC1CNC1. The van der Waals surface area contributed by atoms with Crippen molar-refractivity contribution < 1.29 is 9.53 Å². The molecule has 1 amide bonds. The first-order valence-electron chi connectivity index (χ1n) is 4.88. The van der Waals surface area contributed by atoms with Gasteiger partial charge in [0.05, 0.1) is 6.61 Å². The van der Waals surface area contributed by atoms with Crippen molar-refractivity contribution in [1.82, 2.24) is 10.6 Å². The maximum atomic E-state index is 11.2. The zero-order valence-corrected chi connectivity index (χ0v) is 8.14. The molecule has 4 heteroatoms. The van der Waals surface area contributed by atoms with Gasteiger partial charge in [0.25, 0.3) is 0 Å². The van der Waals surface area contributed by atoms with Gasteiger partial charge in [-0.2, -0.15) is 0 Å². The summed E-state index contributed by atoms with van der Waals surface area (Å²) in [4.78, 5) is 11.2. The second-order valence-corrected chi connectivity index (χ2v) is 3.28. The largest absolute Gasteiger partial charge is 0.381 e. The maximum absolute atomic E-state index is 11.2. The highest BCUT2D eigenvalue weighted by molar-refractivity contribution is 5.75. The normalized spacial score (nSPS) is 16.7. The molecule has 0 aliphatic carbocycles. The van der Waals surface area contributed by atoms with Crippen LogP contribution < -0.4 is 10.6 Å². The molecular weight excluding hydrogens is 168 g/mol. The number of hydrogen-bond acceptors (Lipinski definition) is 3. The average molecular weight is 186 g/mol. The van der Waals surface area contributed by atoms with Gasteiger partial charge in [-0.05, 0) is 6.92 Å². The van der Waals surface area contributed by atoms with Gasteiger partial charge in [-0.1, -0.05) is 0 Å². The van der Waals surface area contributed by atoms with Gasteiger partial charge in [0.15, 0.2) is 0 Å². The summed E-state index contributed by atoms with van der Waals surface area (Å²) in [7, 11) is 0. The number of nitrogens with one attached hydrogen (secondary N) is 2. The van der Waals surface area contributed by atoms with E-state index in [0.29, 0.717) is 25.6 Å². The topological polar surface area (TPSA) is 50.4 Å². The molecule has 0 bridgehead atoms. The van der Waals surface area contributed by atoms with Gasteiger partial charge >= 0.3 is 0 Å². The molecule has 1 heterocycles. The summed E-state index contributed by atoms with van der Waals surface area (Å²) in [5, 5.41) is 6.05. The highest BCUT2D eigenvalue weighted by atomic mass is 16.5. The minimum atomic E-state index is 0.0975. The van der Waals surface area contributed by atoms with Crippen molar-refractivity contribution in [2.24, 2.45) is 5.92 Å². The monoisotopic (exact) mass is 186 g/mol. The van der Waals surface area contributed by atoms with Crippen LogP contribution in [-0.2, 0) is 9.53 Å². The Labute approximate surface area is 79.0 Å². The Morgan fingerprint density at radius 3 is 2.92 bits per heavy atom. The molecule has 2 N–H and O–H groups in total. The highest BCUT2D eigenvalue weighted by Crippen LogP contribution is 1.99. The Balaban J connectivity index is 1.90. The fraction of sp³-hybridized carbons (Fsp3) is 0.889. The minimum Gasteiger partial charge on any atom is -0.381 e. The van der Waals surface area contributed by atoms with Gasteiger partial charge in [-0.15, -0.1) is 0 Å². The quantitative estimate of drug-likeness (QED) is 0.562. The van der Waals surface area contributed by atoms with E-state index >= 15 is 0 Å². The van der Waals surface area contributed by atoms with Crippen LogP contribution >= 0.6 is 0 Å². The number of ether oxygens (including phenoxy) is 1. The molecule has 0 atom stereocenters. The van der Waals surface area contributed by atoms with Crippen LogP contribution in [0.4, 0.5) is 0 Å². The van der Waals surface area contributed by atoms with Crippen molar-refractivity contribution in [3.8, 4) is 0 Å². The van der Waals surface area contributed by atoms with Gasteiger partial charge in [-0.3, -0.25) is 4.79 Å². The molecule has 0 unspecified atom stereocenters. The molecule has 0 saturated carbocycles. The minimum absolute atomic E-state index is 0.0975. The van der Waals surface area contributed by atoms with E-state index in [1.54, 1.807) is 0 Å². The van der Waals surface area contributed by atoms with Gasteiger partial charge in [0.1, 0.15) is 0 Å². The Bertz CT molecular complexity index is 158. The summed E-state index contributed by atoms with van der Waals surface area (Å²) in [5.74, 6) is 0.733. The van der Waals surface area contributed by atoms with Gasteiger partial charge in [-0.25, -0.2) is 0 Å². The molecule has 0 aromatic carbocycles. The molecule has 0 radical (unpaired) electrons. The standard InChI is InChI=1S/C9H18N2O2/c1-2-13-4-3-9(12)11-7-8-5-10-6-8/h8,10H,2-7H2,1H3,(H,11,12). The number of carbonyl (C=O) groups excluding carboxylic acids is 1. The van der Waals surface area contributed by atoms with E-state index < -0.39 is 0 Å². The van der Waals surface area contributed by atoms with Crippen LogP contribution in [0.5, 0.6) is 0 Å². The number of carbonyl (C=O) groups is 1. The number of amides is 1. The zero-order valence-electron chi connectivity index (χ0n) is 8.14. The van der Waals surface area contributed by atoms with E-state index in [0.717, 1.165) is 19.6 Å². The molecule has 4 nitrogen and oxygen atoms in total. The van der Waals surface area contributed by atoms with Crippen LogP contribution in [0.15, 0.2) is 0 Å². The summed E-state index contributed by atoms with van der Waals surface area (Å²) >= 11 is 0. The second-order valence-electron chi connectivity index (χ2n) is 3.28. The molecular formula is C9H18N2O2. The van der Waals surface area contributed by atoms with Crippen molar-refractivity contribution in [3.05, 3.63) is 0 Å². The second kappa shape index (κ2) is 5.94. The van der Waals surface area contributed by atoms with Gasteiger partial charge in [0.2, 0.25) is 5.91 Å². The predicted molar refractivity (Wildman–Crippen MR) is 50.5 cm³/mol. The first-order valence-corrected chi connectivity index (χ1v) is 4.88. The Morgan fingerprint density at radius 2 is 2.38 bits per heavy atom. The van der Waals surface area contributed by atoms with Crippen molar-refractivity contribution >= 4 is 5.91 Å². The summed E-state index contributed by atoms with van der Waals surface area (Å²) in [6.45, 7) is 6.01. The van der Waals surface area contributed by atoms with Crippen LogP contribution in [0.1, 0.15) is 13.3 Å². The third-order valence-corrected chi connectivity index (χ3v) is 2.13. The fourth-order valence-corrected chi connectivity index (χ4v) is 1.15. The molecule has 0 spiro atoms. The molecule has 1 fully saturated rings. The lowest BCUT2D eigenvalue weighted by atomic mass is 10.0. The maximum Gasteiger partial charge on any atom is 0.222 e. The summed E-state index contributed by atoms with van der Waals surface area (Å²) < 4.78 is 5.08. The molecule has 76 valence electrons. The van der Waals surface area contributed by atoms with E-state index in [9.17, 15) is 4.79 Å². The van der Waals surface area contributed by atoms with Crippen molar-refractivity contribution in [3.63, 3.8) is 0 Å². The number of hydrogen-bond donors (Lipinski definition) is 2. The van der Waals surface area contributed by atoms with E-state index in [2.05, 4.69) is 10.6 Å². The van der Waals surface area contributed by atoms with Crippen molar-refractivity contribution in [2.45, 2.75) is 13.3 Å². The smallest absolute Gasteiger partial charge is 0.222 e. The molecule has 0 aromatic rings. The van der Waals surface area contributed by atoms with E-state index in [-0.39, 0.29) is 5.91 Å². The molecule has 1 aliphatic heterocycles. The first kappa shape index (κ1) is 10.5. The summed E-state index contributed by atoms with van der Waals surface area (Å²) in [5.41, 5.74) is 0. The van der Waals surface area contributed by atoms with E-state index in [1.807, 2.05) is 6.92 Å². The number of rotatable bonds is 6. The predicted octanol–water partition coefficient (Wildman–Crippen LogP) is -0.251. The average Bonchev–Trinajstić information content (AvgIpc) is 2.02. The molecule has 1 rings (SSSR count).